The van der Waals surface area contributed by atoms with E-state index >= 15 is 0 Å². The third-order valence-corrected chi connectivity index (χ3v) is 6.43. The molecule has 3 heterocycles. The Bertz CT molecular complexity index is 965. The molecule has 0 aromatic heterocycles. The summed E-state index contributed by atoms with van der Waals surface area (Å²) in [5, 5.41) is 3.04. The quantitative estimate of drug-likeness (QED) is 0.810. The molecule has 2 aromatic carbocycles. The van der Waals surface area contributed by atoms with Crippen molar-refractivity contribution in [1.82, 2.24) is 15.1 Å². The topological polar surface area (TPSA) is 61.9 Å². The Kier molecular flexibility index (Phi) is 4.32. The van der Waals surface area contributed by atoms with Gasteiger partial charge in [-0.05, 0) is 36.7 Å². The van der Waals surface area contributed by atoms with Crippen LogP contribution in [0.25, 0.3) is 0 Å². The van der Waals surface area contributed by atoms with Gasteiger partial charge in [-0.1, -0.05) is 36.4 Å². The first-order valence-electron chi connectivity index (χ1n) is 10.2. The zero-order valence-corrected chi connectivity index (χ0v) is 16.6. The fourth-order valence-electron chi connectivity index (χ4n) is 4.71. The molecule has 1 atom stereocenters. The number of nitrogens with zero attached hydrogens (tertiary/aromatic N) is 2. The maximum absolute atomic E-state index is 13.3. The van der Waals surface area contributed by atoms with Gasteiger partial charge in [0.1, 0.15) is 5.75 Å². The molecule has 2 amide bonds. The van der Waals surface area contributed by atoms with Crippen molar-refractivity contribution in [2.75, 3.05) is 20.1 Å². The number of amides is 2. The predicted molar refractivity (Wildman–Crippen MR) is 108 cm³/mol. The lowest BCUT2D eigenvalue weighted by atomic mass is 9.92. The lowest BCUT2D eigenvalue weighted by Gasteiger charge is -2.45. The van der Waals surface area contributed by atoms with Gasteiger partial charge in [0.05, 0.1) is 11.6 Å². The number of carbonyl (C=O) groups is 2. The lowest BCUT2D eigenvalue weighted by Crippen LogP contribution is -2.63. The van der Waals surface area contributed by atoms with Gasteiger partial charge in [0.15, 0.2) is 5.72 Å². The molecule has 29 heavy (non-hydrogen) atoms. The molecule has 150 valence electrons. The maximum atomic E-state index is 13.3. The van der Waals surface area contributed by atoms with E-state index in [2.05, 4.69) is 28.4 Å². The number of likely N-dealkylation sites (tertiary alicyclic amines) is 1. The van der Waals surface area contributed by atoms with Gasteiger partial charge >= 0.3 is 0 Å². The van der Waals surface area contributed by atoms with Gasteiger partial charge < -0.3 is 15.0 Å². The van der Waals surface area contributed by atoms with E-state index in [0.717, 1.165) is 13.0 Å². The van der Waals surface area contributed by atoms with Crippen molar-refractivity contribution in [1.29, 1.82) is 0 Å². The first kappa shape index (κ1) is 18.2. The highest BCUT2D eigenvalue weighted by Gasteiger charge is 2.44. The number of ether oxygens (including phenoxy) is 1. The van der Waals surface area contributed by atoms with Crippen LogP contribution in [0, 0.1) is 0 Å². The number of hydrogen-bond donors (Lipinski definition) is 1. The summed E-state index contributed by atoms with van der Waals surface area (Å²) < 4.78 is 6.19. The van der Waals surface area contributed by atoms with Gasteiger partial charge in [-0.3, -0.25) is 14.5 Å². The molecule has 0 aliphatic carbocycles. The van der Waals surface area contributed by atoms with Crippen LogP contribution < -0.4 is 10.1 Å². The van der Waals surface area contributed by atoms with E-state index in [9.17, 15) is 9.59 Å². The molecule has 1 unspecified atom stereocenters. The Morgan fingerprint density at radius 2 is 1.76 bits per heavy atom. The maximum Gasteiger partial charge on any atom is 0.258 e. The summed E-state index contributed by atoms with van der Waals surface area (Å²) in [7, 11) is 2.02. The number of carbonyl (C=O) groups excluding carboxylic acids is 2. The van der Waals surface area contributed by atoms with Crippen LogP contribution in [0.4, 0.5) is 0 Å². The number of benzene rings is 2. The van der Waals surface area contributed by atoms with Crippen molar-refractivity contribution in [3.63, 3.8) is 0 Å². The average Bonchev–Trinajstić information content (AvgIpc) is 2.73. The fourth-order valence-corrected chi connectivity index (χ4v) is 4.71. The molecule has 0 saturated carbocycles. The zero-order chi connectivity index (χ0) is 20.0. The molecule has 6 nitrogen and oxygen atoms in total. The van der Waals surface area contributed by atoms with Crippen LogP contribution in [0.3, 0.4) is 0 Å². The second-order valence-electron chi connectivity index (χ2n) is 8.28. The summed E-state index contributed by atoms with van der Waals surface area (Å²) in [4.78, 5) is 29.8. The molecule has 2 aromatic rings. The van der Waals surface area contributed by atoms with Crippen LogP contribution in [0.15, 0.2) is 48.5 Å². The monoisotopic (exact) mass is 391 g/mol. The standard InChI is InChI=1S/C23H25N3O3/c1-25-15-17-7-3-2-6-16(17)14-19(25)22(28)26-12-10-23(11-13-26)24-21(27)18-8-4-5-9-20(18)29-23/h2-9,19H,10-15H2,1H3,(H,24,27). The van der Waals surface area contributed by atoms with Crippen LogP contribution in [-0.4, -0.2) is 53.5 Å². The van der Waals surface area contributed by atoms with Crippen LogP contribution >= 0.6 is 0 Å². The van der Waals surface area contributed by atoms with E-state index in [1.165, 1.54) is 11.1 Å². The third-order valence-electron chi connectivity index (χ3n) is 6.43. The highest BCUT2D eigenvalue weighted by Crippen LogP contribution is 2.34. The van der Waals surface area contributed by atoms with Crippen molar-refractivity contribution in [3.8, 4) is 5.75 Å². The molecule has 1 saturated heterocycles. The van der Waals surface area contributed by atoms with E-state index in [1.807, 2.05) is 36.2 Å². The Morgan fingerprint density at radius 1 is 1.07 bits per heavy atom. The van der Waals surface area contributed by atoms with Gasteiger partial charge in [-0.15, -0.1) is 0 Å². The Balaban J connectivity index is 1.28. The molecule has 5 rings (SSSR count). The molecule has 1 N–H and O–H groups in total. The lowest BCUT2D eigenvalue weighted by molar-refractivity contribution is -0.141. The molecule has 1 fully saturated rings. The van der Waals surface area contributed by atoms with Crippen molar-refractivity contribution in [3.05, 3.63) is 65.2 Å². The third kappa shape index (κ3) is 3.17. The fraction of sp³-hybridized carbons (Fsp3) is 0.391. The second kappa shape index (κ2) is 6.88. The van der Waals surface area contributed by atoms with Crippen LogP contribution in [0.5, 0.6) is 5.75 Å². The Morgan fingerprint density at radius 3 is 2.55 bits per heavy atom. The number of hydrogen-bond acceptors (Lipinski definition) is 4. The van der Waals surface area contributed by atoms with E-state index in [4.69, 9.17) is 4.74 Å². The van der Waals surface area contributed by atoms with Crippen LogP contribution in [-0.2, 0) is 17.8 Å². The summed E-state index contributed by atoms with van der Waals surface area (Å²) in [6, 6.07) is 15.5. The minimum atomic E-state index is -0.715. The van der Waals surface area contributed by atoms with Crippen LogP contribution in [0.1, 0.15) is 34.3 Å². The largest absolute Gasteiger partial charge is 0.467 e. The number of likely N-dealkylation sites (N-methyl/N-ethyl adjacent to an activating group) is 1. The average molecular weight is 391 g/mol. The Hall–Kier alpha value is -2.86. The van der Waals surface area contributed by atoms with E-state index in [-0.39, 0.29) is 17.9 Å². The van der Waals surface area contributed by atoms with Crippen molar-refractivity contribution in [2.24, 2.45) is 0 Å². The molecule has 6 heteroatoms. The summed E-state index contributed by atoms with van der Waals surface area (Å²) in [6.07, 6.45) is 1.92. The highest BCUT2D eigenvalue weighted by molar-refractivity contribution is 5.98. The van der Waals surface area contributed by atoms with Crippen molar-refractivity contribution in [2.45, 2.75) is 37.6 Å². The molecular formula is C23H25N3O3. The van der Waals surface area contributed by atoms with E-state index in [1.54, 1.807) is 6.07 Å². The van der Waals surface area contributed by atoms with Crippen molar-refractivity contribution >= 4 is 11.8 Å². The molecule has 1 spiro atoms. The summed E-state index contributed by atoms with van der Waals surface area (Å²) in [5.41, 5.74) is 2.41. The highest BCUT2D eigenvalue weighted by atomic mass is 16.5. The molecule has 0 radical (unpaired) electrons. The summed E-state index contributed by atoms with van der Waals surface area (Å²) >= 11 is 0. The van der Waals surface area contributed by atoms with Gasteiger partial charge in [-0.2, -0.15) is 0 Å². The predicted octanol–water partition coefficient (Wildman–Crippen LogP) is 2.18. The van der Waals surface area contributed by atoms with Gasteiger partial charge in [0, 0.05) is 32.5 Å². The minimum absolute atomic E-state index is 0.102. The number of nitrogens with one attached hydrogen (secondary N) is 1. The smallest absolute Gasteiger partial charge is 0.258 e. The molecule has 3 aliphatic heterocycles. The van der Waals surface area contributed by atoms with Gasteiger partial charge in [0.2, 0.25) is 5.91 Å². The number of para-hydroxylation sites is 1. The summed E-state index contributed by atoms with van der Waals surface area (Å²) in [5.74, 6) is 0.689. The first-order valence-corrected chi connectivity index (χ1v) is 10.2. The number of piperidine rings is 1. The van der Waals surface area contributed by atoms with Crippen LogP contribution in [0.2, 0.25) is 0 Å². The second-order valence-corrected chi connectivity index (χ2v) is 8.28. The molecule has 3 aliphatic rings. The SMILES string of the molecule is CN1Cc2ccccc2CC1C(=O)N1CCC2(CC1)NC(=O)c1ccccc1O2. The zero-order valence-electron chi connectivity index (χ0n) is 16.6. The minimum Gasteiger partial charge on any atom is -0.467 e. The number of fused-ring (bicyclic) bond motifs is 2. The molecular weight excluding hydrogens is 366 g/mol. The van der Waals surface area contributed by atoms with Gasteiger partial charge in [0.25, 0.3) is 5.91 Å². The Labute approximate surface area is 170 Å². The van der Waals surface area contributed by atoms with Crippen molar-refractivity contribution < 1.29 is 14.3 Å². The van der Waals surface area contributed by atoms with E-state index in [0.29, 0.717) is 37.2 Å². The first-order chi connectivity index (χ1) is 14.0. The molecule has 0 bridgehead atoms. The summed E-state index contributed by atoms with van der Waals surface area (Å²) in [6.45, 7) is 1.95. The van der Waals surface area contributed by atoms with E-state index < -0.39 is 5.72 Å². The number of rotatable bonds is 1. The van der Waals surface area contributed by atoms with Gasteiger partial charge in [-0.25, -0.2) is 0 Å². The normalized spacial score (nSPS) is 23.0.